The first-order valence-corrected chi connectivity index (χ1v) is 7.86. The summed E-state index contributed by atoms with van der Waals surface area (Å²) < 4.78 is 0. The molecule has 1 saturated heterocycles. The molecule has 3 fully saturated rings. The van der Waals surface area contributed by atoms with Gasteiger partial charge in [-0.2, -0.15) is 0 Å². The summed E-state index contributed by atoms with van der Waals surface area (Å²) in [5, 5.41) is 12.7. The molecular weight excluding hydrogens is 240 g/mol. The molecule has 3 rings (SSSR count). The van der Waals surface area contributed by atoms with Gasteiger partial charge in [0.1, 0.15) is 0 Å². The van der Waals surface area contributed by atoms with Crippen LogP contribution in [0.2, 0.25) is 0 Å². The monoisotopic (exact) mass is 266 g/mol. The minimum Gasteiger partial charge on any atom is -0.480 e. The van der Waals surface area contributed by atoms with Crippen molar-refractivity contribution in [2.24, 2.45) is 17.8 Å². The van der Waals surface area contributed by atoms with E-state index >= 15 is 0 Å². The van der Waals surface area contributed by atoms with E-state index in [1.807, 2.05) is 0 Å². The molecule has 2 atom stereocenters. The van der Waals surface area contributed by atoms with Gasteiger partial charge in [-0.25, -0.2) is 0 Å². The third-order valence-electron chi connectivity index (χ3n) is 4.73. The van der Waals surface area contributed by atoms with Gasteiger partial charge in [-0.05, 0) is 50.0 Å². The van der Waals surface area contributed by atoms with Crippen molar-refractivity contribution >= 4 is 5.97 Å². The van der Waals surface area contributed by atoms with Gasteiger partial charge in [-0.3, -0.25) is 9.69 Å². The van der Waals surface area contributed by atoms with Crippen molar-refractivity contribution in [2.75, 3.05) is 26.2 Å². The van der Waals surface area contributed by atoms with Crippen molar-refractivity contribution in [3.05, 3.63) is 0 Å². The summed E-state index contributed by atoms with van der Waals surface area (Å²) in [6, 6.07) is 0.512. The van der Waals surface area contributed by atoms with E-state index in [1.54, 1.807) is 0 Å². The predicted octanol–water partition coefficient (Wildman–Crippen LogP) is 1.56. The van der Waals surface area contributed by atoms with Crippen LogP contribution < -0.4 is 5.32 Å². The van der Waals surface area contributed by atoms with Gasteiger partial charge in [-0.15, -0.1) is 0 Å². The molecule has 2 unspecified atom stereocenters. The minimum atomic E-state index is -0.687. The second-order valence-corrected chi connectivity index (χ2v) is 6.92. The lowest BCUT2D eigenvalue weighted by atomic mass is 9.89. The number of carboxylic acids is 1. The van der Waals surface area contributed by atoms with Crippen molar-refractivity contribution in [1.29, 1.82) is 0 Å². The normalized spacial score (nSPS) is 32.4. The van der Waals surface area contributed by atoms with E-state index in [9.17, 15) is 4.79 Å². The molecule has 1 heterocycles. The molecule has 108 valence electrons. The Morgan fingerprint density at radius 3 is 2.47 bits per heavy atom. The Morgan fingerprint density at radius 1 is 1.11 bits per heavy atom. The zero-order chi connectivity index (χ0) is 13.2. The number of aliphatic carboxylic acids is 1. The molecule has 0 amide bonds. The molecule has 0 radical (unpaired) electrons. The van der Waals surface area contributed by atoms with E-state index in [1.165, 1.54) is 38.5 Å². The molecule has 2 N–H and O–H groups in total. The molecule has 4 heteroatoms. The summed E-state index contributed by atoms with van der Waals surface area (Å²) in [6.07, 6.45) is 8.12. The van der Waals surface area contributed by atoms with Crippen LogP contribution in [0.4, 0.5) is 0 Å². The lowest BCUT2D eigenvalue weighted by Gasteiger charge is -2.37. The Kier molecular flexibility index (Phi) is 4.08. The summed E-state index contributed by atoms with van der Waals surface area (Å²) in [4.78, 5) is 13.1. The maximum Gasteiger partial charge on any atom is 0.317 e. The summed E-state index contributed by atoms with van der Waals surface area (Å²) in [5.74, 6) is 1.86. The highest BCUT2D eigenvalue weighted by Gasteiger charge is 2.33. The third kappa shape index (κ3) is 4.46. The van der Waals surface area contributed by atoms with Crippen LogP contribution in [-0.2, 0) is 4.79 Å². The van der Waals surface area contributed by atoms with Crippen molar-refractivity contribution in [3.8, 4) is 0 Å². The van der Waals surface area contributed by atoms with Gasteiger partial charge in [0.25, 0.3) is 0 Å². The van der Waals surface area contributed by atoms with Crippen LogP contribution in [0.15, 0.2) is 0 Å². The number of carbonyl (C=O) groups is 1. The van der Waals surface area contributed by atoms with E-state index in [2.05, 4.69) is 10.2 Å². The number of nitrogens with one attached hydrogen (secondary N) is 1. The second kappa shape index (κ2) is 5.80. The Bertz CT molecular complexity index is 326. The molecule has 0 spiro atoms. The zero-order valence-electron chi connectivity index (χ0n) is 11.7. The van der Waals surface area contributed by atoms with Gasteiger partial charge >= 0.3 is 5.97 Å². The molecule has 0 bridgehead atoms. The summed E-state index contributed by atoms with van der Waals surface area (Å²) in [5.41, 5.74) is 0. The molecule has 4 nitrogen and oxygen atoms in total. The van der Waals surface area contributed by atoms with Gasteiger partial charge in [0, 0.05) is 19.1 Å². The lowest BCUT2D eigenvalue weighted by Crippen LogP contribution is -2.51. The van der Waals surface area contributed by atoms with Crippen LogP contribution in [0.3, 0.4) is 0 Å². The summed E-state index contributed by atoms with van der Waals surface area (Å²) in [6.45, 7) is 3.26. The highest BCUT2D eigenvalue weighted by molar-refractivity contribution is 5.69. The number of rotatable bonds is 7. The molecule has 0 aromatic heterocycles. The number of carboxylic acid groups (broad SMARTS) is 1. The van der Waals surface area contributed by atoms with E-state index in [4.69, 9.17) is 5.11 Å². The maximum atomic E-state index is 10.9. The zero-order valence-corrected chi connectivity index (χ0v) is 11.7. The molecule has 2 aliphatic carbocycles. The van der Waals surface area contributed by atoms with Gasteiger partial charge < -0.3 is 10.4 Å². The van der Waals surface area contributed by atoms with Crippen LogP contribution in [-0.4, -0.2) is 48.2 Å². The van der Waals surface area contributed by atoms with Crippen LogP contribution >= 0.6 is 0 Å². The third-order valence-corrected chi connectivity index (χ3v) is 4.73. The van der Waals surface area contributed by atoms with Crippen molar-refractivity contribution in [2.45, 2.75) is 44.6 Å². The standard InChI is InChI=1S/C15H26N2O2/c18-15(19)10-17-8-13(5-11-1-2-11)6-14(9-17)16-7-12-3-4-12/h11-14,16H,1-10H2,(H,18,19). The fraction of sp³-hybridized carbons (Fsp3) is 0.933. The average Bonchev–Trinajstić information content (AvgIpc) is 3.20. The molecule has 1 aliphatic heterocycles. The number of nitrogens with zero attached hydrogens (tertiary/aromatic N) is 1. The first-order chi connectivity index (χ1) is 9.19. The molecule has 19 heavy (non-hydrogen) atoms. The van der Waals surface area contributed by atoms with Gasteiger partial charge in [0.2, 0.25) is 0 Å². The highest BCUT2D eigenvalue weighted by Crippen LogP contribution is 2.38. The van der Waals surface area contributed by atoms with Crippen LogP contribution in [0, 0.1) is 17.8 Å². The molecule has 0 aromatic carbocycles. The topological polar surface area (TPSA) is 52.6 Å². The van der Waals surface area contributed by atoms with Crippen LogP contribution in [0.5, 0.6) is 0 Å². The minimum absolute atomic E-state index is 0.211. The largest absolute Gasteiger partial charge is 0.480 e. The van der Waals surface area contributed by atoms with Crippen molar-refractivity contribution < 1.29 is 9.90 Å². The smallest absolute Gasteiger partial charge is 0.317 e. The average molecular weight is 266 g/mol. The number of likely N-dealkylation sites (tertiary alicyclic amines) is 1. The fourth-order valence-electron chi connectivity index (χ4n) is 3.42. The fourth-order valence-corrected chi connectivity index (χ4v) is 3.42. The van der Waals surface area contributed by atoms with Crippen LogP contribution in [0.25, 0.3) is 0 Å². The molecule has 2 saturated carbocycles. The molecular formula is C15H26N2O2. The number of piperidine rings is 1. The van der Waals surface area contributed by atoms with E-state index in [-0.39, 0.29) is 6.54 Å². The Hall–Kier alpha value is -0.610. The van der Waals surface area contributed by atoms with Gasteiger partial charge in [-0.1, -0.05) is 12.8 Å². The SMILES string of the molecule is O=C(O)CN1CC(CC2CC2)CC(NCC2CC2)C1. The van der Waals surface area contributed by atoms with E-state index in [0.29, 0.717) is 12.0 Å². The first kappa shape index (κ1) is 13.4. The lowest BCUT2D eigenvalue weighted by molar-refractivity contribution is -0.138. The molecule has 3 aliphatic rings. The Balaban J connectivity index is 1.50. The summed E-state index contributed by atoms with van der Waals surface area (Å²) in [7, 11) is 0. The van der Waals surface area contributed by atoms with Crippen molar-refractivity contribution in [3.63, 3.8) is 0 Å². The van der Waals surface area contributed by atoms with Gasteiger partial charge in [0.05, 0.1) is 6.54 Å². The quantitative estimate of drug-likeness (QED) is 0.734. The van der Waals surface area contributed by atoms with Crippen LogP contribution in [0.1, 0.15) is 38.5 Å². The number of hydrogen-bond donors (Lipinski definition) is 2. The second-order valence-electron chi connectivity index (χ2n) is 6.92. The number of hydrogen-bond acceptors (Lipinski definition) is 3. The summed E-state index contributed by atoms with van der Waals surface area (Å²) >= 11 is 0. The van der Waals surface area contributed by atoms with E-state index < -0.39 is 5.97 Å². The highest BCUT2D eigenvalue weighted by atomic mass is 16.4. The van der Waals surface area contributed by atoms with E-state index in [0.717, 1.165) is 31.5 Å². The Morgan fingerprint density at radius 2 is 1.84 bits per heavy atom. The van der Waals surface area contributed by atoms with Crippen molar-refractivity contribution in [1.82, 2.24) is 10.2 Å². The molecule has 0 aromatic rings. The first-order valence-electron chi connectivity index (χ1n) is 7.86. The maximum absolute atomic E-state index is 10.9. The predicted molar refractivity (Wildman–Crippen MR) is 74.0 cm³/mol. The Labute approximate surface area is 115 Å². The van der Waals surface area contributed by atoms with Gasteiger partial charge in [0.15, 0.2) is 0 Å².